The molecule has 4 rings (SSSR count). The largest absolute Gasteiger partial charge is 0.481 e. The van der Waals surface area contributed by atoms with Crippen molar-refractivity contribution >= 4 is 13.5 Å². The van der Waals surface area contributed by atoms with Crippen molar-refractivity contribution < 1.29 is 9.16 Å². The highest BCUT2D eigenvalue weighted by atomic mass is 28.4. The number of pyridine rings is 2. The number of benzene rings is 1. The molecule has 186 valence electrons. The van der Waals surface area contributed by atoms with Gasteiger partial charge in [0.1, 0.15) is 0 Å². The first-order chi connectivity index (χ1) is 16.9. The van der Waals surface area contributed by atoms with E-state index in [1.165, 1.54) is 41.3 Å². The smallest absolute Gasteiger partial charge is 0.232 e. The Morgan fingerprint density at radius 2 is 1.71 bits per heavy atom. The molecular weight excluding hydrogens is 448 g/mol. The second kappa shape index (κ2) is 11.0. The Bertz CT molecular complexity index is 1110. The molecule has 0 saturated carbocycles. The molecule has 2 aromatic heterocycles. The number of aromatic nitrogens is 2. The summed E-state index contributed by atoms with van der Waals surface area (Å²) in [6.45, 7) is 11.7. The number of hydrogen-bond donors (Lipinski definition) is 0. The van der Waals surface area contributed by atoms with Crippen molar-refractivity contribution in [3.05, 3.63) is 71.5 Å². The first kappa shape index (κ1) is 25.6. The maximum absolute atomic E-state index is 7.29. The van der Waals surface area contributed by atoms with E-state index in [1.54, 1.807) is 7.11 Å². The third kappa shape index (κ3) is 4.94. The van der Waals surface area contributed by atoms with Crippen molar-refractivity contribution in [3.8, 4) is 17.1 Å². The summed E-state index contributed by atoms with van der Waals surface area (Å²) in [7, 11) is -0.657. The fourth-order valence-corrected chi connectivity index (χ4v) is 10.8. The first-order valence-electron chi connectivity index (χ1n) is 13.2. The summed E-state index contributed by atoms with van der Waals surface area (Å²) in [4.78, 5) is 9.79. The number of rotatable bonds is 10. The second-order valence-electron chi connectivity index (χ2n) is 10.3. The summed E-state index contributed by atoms with van der Waals surface area (Å²) in [5.41, 5.74) is 6.70. The minimum absolute atomic E-state index is 0.0509. The van der Waals surface area contributed by atoms with E-state index in [4.69, 9.17) is 14.1 Å². The van der Waals surface area contributed by atoms with Crippen LogP contribution in [0, 0.1) is 0 Å². The summed E-state index contributed by atoms with van der Waals surface area (Å²) in [6.07, 6.45) is 7.72. The van der Waals surface area contributed by atoms with Gasteiger partial charge in [0.15, 0.2) is 0 Å². The van der Waals surface area contributed by atoms with Crippen LogP contribution in [0.2, 0.25) is 11.1 Å². The maximum atomic E-state index is 7.29. The van der Waals surface area contributed by atoms with Crippen molar-refractivity contribution in [2.45, 2.75) is 83.9 Å². The van der Waals surface area contributed by atoms with Gasteiger partial charge in [-0.05, 0) is 52.4 Å². The Morgan fingerprint density at radius 1 is 0.971 bits per heavy atom. The van der Waals surface area contributed by atoms with Gasteiger partial charge in [-0.1, -0.05) is 84.2 Å². The van der Waals surface area contributed by atoms with E-state index in [-0.39, 0.29) is 6.10 Å². The lowest BCUT2D eigenvalue weighted by molar-refractivity contribution is 0.243. The summed E-state index contributed by atoms with van der Waals surface area (Å²) in [6, 6.07) is 17.0. The highest BCUT2D eigenvalue weighted by Gasteiger charge is 2.54. The number of methoxy groups -OCH3 is 1. The van der Waals surface area contributed by atoms with Crippen LogP contribution >= 0.6 is 0 Å². The average Bonchev–Trinajstić information content (AvgIpc) is 3.24. The lowest BCUT2D eigenvalue weighted by Crippen LogP contribution is -2.54. The molecule has 0 N–H and O–H groups in total. The van der Waals surface area contributed by atoms with Gasteiger partial charge in [-0.3, -0.25) is 4.98 Å². The minimum Gasteiger partial charge on any atom is -0.481 e. The molecule has 4 nitrogen and oxygen atoms in total. The highest BCUT2D eigenvalue weighted by molar-refractivity contribution is 6.90. The minimum atomic E-state index is -2.30. The quantitative estimate of drug-likeness (QED) is 0.221. The predicted octanol–water partition coefficient (Wildman–Crippen LogP) is 7.37. The van der Waals surface area contributed by atoms with Crippen LogP contribution in [-0.2, 0) is 10.8 Å². The Labute approximate surface area is 212 Å². The molecular formula is C30H40N2O2Si. The van der Waals surface area contributed by atoms with Crippen LogP contribution in [0.25, 0.3) is 11.3 Å². The molecule has 0 unspecified atom stereocenters. The molecule has 3 aromatic rings. The van der Waals surface area contributed by atoms with E-state index in [0.717, 1.165) is 24.1 Å². The van der Waals surface area contributed by atoms with Crippen LogP contribution < -0.4 is 9.92 Å². The van der Waals surface area contributed by atoms with Gasteiger partial charge in [0.2, 0.25) is 14.2 Å². The molecule has 35 heavy (non-hydrogen) atoms. The van der Waals surface area contributed by atoms with E-state index in [1.807, 2.05) is 12.3 Å². The second-order valence-corrected chi connectivity index (χ2v) is 15.0. The molecule has 0 amide bonds. The third-order valence-electron chi connectivity index (χ3n) is 7.44. The van der Waals surface area contributed by atoms with E-state index >= 15 is 0 Å². The van der Waals surface area contributed by atoms with E-state index in [2.05, 4.69) is 82.1 Å². The summed E-state index contributed by atoms with van der Waals surface area (Å²) in [5.74, 6) is 0.617. The monoisotopic (exact) mass is 488 g/mol. The standard InChI is InChI=1S/C30H40N2O2Si/c1-7-8-9-13-16-26-30-25(19-27(32-26)24-17-18-28(33-6)31-20-24)29(23-14-11-10-12-15-23)34-35(30,21(2)3)22(4)5/h10-12,14-15,17-22,29H,7-9,13,16H2,1-6H3/t29-/m0/s1. The van der Waals surface area contributed by atoms with Crippen LogP contribution in [0.15, 0.2) is 54.7 Å². The third-order valence-corrected chi connectivity index (χ3v) is 12.9. The van der Waals surface area contributed by atoms with Crippen molar-refractivity contribution in [1.82, 2.24) is 9.97 Å². The summed E-state index contributed by atoms with van der Waals surface area (Å²) in [5, 5.41) is 1.46. The van der Waals surface area contributed by atoms with Crippen molar-refractivity contribution in [3.63, 3.8) is 0 Å². The molecule has 0 spiro atoms. The number of ether oxygens (including phenoxy) is 1. The Hall–Kier alpha value is -2.50. The van der Waals surface area contributed by atoms with Gasteiger partial charge < -0.3 is 9.16 Å². The summed E-state index contributed by atoms with van der Waals surface area (Å²) < 4.78 is 12.6. The fraction of sp³-hybridized carbons (Fsp3) is 0.467. The van der Waals surface area contributed by atoms with Gasteiger partial charge in [-0.25, -0.2) is 4.98 Å². The zero-order valence-corrected chi connectivity index (χ0v) is 23.2. The molecule has 1 aliphatic heterocycles. The molecule has 0 aliphatic carbocycles. The van der Waals surface area contributed by atoms with Gasteiger partial charge in [0, 0.05) is 23.5 Å². The van der Waals surface area contributed by atoms with Crippen molar-refractivity contribution in [2.24, 2.45) is 0 Å². The fourth-order valence-electron chi connectivity index (χ4n) is 5.69. The van der Waals surface area contributed by atoms with Crippen LogP contribution in [0.5, 0.6) is 5.88 Å². The van der Waals surface area contributed by atoms with Gasteiger partial charge in [0.25, 0.3) is 0 Å². The Morgan fingerprint density at radius 3 is 2.31 bits per heavy atom. The number of nitrogens with zero attached hydrogens (tertiary/aromatic N) is 2. The number of aryl methyl sites for hydroxylation is 1. The molecule has 1 aromatic carbocycles. The molecule has 1 aliphatic rings. The van der Waals surface area contributed by atoms with E-state index < -0.39 is 8.32 Å². The van der Waals surface area contributed by atoms with Gasteiger partial charge in [-0.2, -0.15) is 0 Å². The summed E-state index contributed by atoms with van der Waals surface area (Å²) >= 11 is 0. The lowest BCUT2D eigenvalue weighted by Gasteiger charge is -2.36. The van der Waals surface area contributed by atoms with Crippen molar-refractivity contribution in [2.75, 3.05) is 7.11 Å². The Balaban J connectivity index is 1.92. The molecule has 0 radical (unpaired) electrons. The van der Waals surface area contributed by atoms with Crippen LogP contribution in [0.3, 0.4) is 0 Å². The molecule has 3 heterocycles. The predicted molar refractivity (Wildman–Crippen MR) is 147 cm³/mol. The molecule has 1 atom stereocenters. The normalized spacial score (nSPS) is 16.6. The lowest BCUT2D eigenvalue weighted by atomic mass is 9.98. The van der Waals surface area contributed by atoms with Gasteiger partial charge >= 0.3 is 0 Å². The maximum Gasteiger partial charge on any atom is 0.232 e. The highest BCUT2D eigenvalue weighted by Crippen LogP contribution is 2.47. The average molecular weight is 489 g/mol. The van der Waals surface area contributed by atoms with Crippen LogP contribution in [-0.4, -0.2) is 25.4 Å². The Kier molecular flexibility index (Phi) is 8.08. The van der Waals surface area contributed by atoms with Crippen LogP contribution in [0.1, 0.15) is 83.2 Å². The van der Waals surface area contributed by atoms with Crippen molar-refractivity contribution in [1.29, 1.82) is 0 Å². The van der Waals surface area contributed by atoms with Gasteiger partial charge in [0.05, 0.1) is 18.9 Å². The van der Waals surface area contributed by atoms with E-state index in [9.17, 15) is 0 Å². The zero-order chi connectivity index (χ0) is 25.0. The molecule has 0 fully saturated rings. The first-order valence-corrected chi connectivity index (χ1v) is 15.3. The zero-order valence-electron chi connectivity index (χ0n) is 22.2. The molecule has 0 saturated heterocycles. The van der Waals surface area contributed by atoms with Gasteiger partial charge in [-0.15, -0.1) is 0 Å². The molecule has 0 bridgehead atoms. The number of fused-ring (bicyclic) bond motifs is 1. The topological polar surface area (TPSA) is 44.2 Å². The molecule has 5 heteroatoms. The van der Waals surface area contributed by atoms with Crippen LogP contribution in [0.4, 0.5) is 0 Å². The number of hydrogen-bond acceptors (Lipinski definition) is 4. The van der Waals surface area contributed by atoms with E-state index in [0.29, 0.717) is 17.0 Å². The SMILES string of the molecule is CCCCCCc1nc(-c2ccc(OC)nc2)cc2c1[Si](C(C)C)(C(C)C)O[C@H]2c1ccccc1. The number of unbranched alkanes of at least 4 members (excludes halogenated alkanes) is 3.